The van der Waals surface area contributed by atoms with Gasteiger partial charge < -0.3 is 14.6 Å². The second-order valence-corrected chi connectivity index (χ2v) is 11.2. The van der Waals surface area contributed by atoms with Gasteiger partial charge >= 0.3 is 0 Å². The van der Waals surface area contributed by atoms with E-state index in [4.69, 9.17) is 21.1 Å². The predicted octanol–water partition coefficient (Wildman–Crippen LogP) is 5.52. The van der Waals surface area contributed by atoms with E-state index in [0.29, 0.717) is 24.7 Å². The molecule has 36 heavy (non-hydrogen) atoms. The number of imide groups is 1. The molecule has 194 valence electrons. The molecule has 0 aromatic heterocycles. The molecule has 2 saturated heterocycles. The first kappa shape index (κ1) is 25.5. The third-order valence-electron chi connectivity index (χ3n) is 8.49. The molecule has 1 aromatic rings. The van der Waals surface area contributed by atoms with Gasteiger partial charge in [-0.25, -0.2) is 0 Å². The zero-order valence-electron chi connectivity index (χ0n) is 21.2. The van der Waals surface area contributed by atoms with Crippen LogP contribution in [0.4, 0.5) is 0 Å². The minimum atomic E-state index is -0.299. The molecule has 0 unspecified atom stereocenters. The molecule has 2 heterocycles. The number of hydrogen-bond donors (Lipinski definition) is 1. The Morgan fingerprint density at radius 2 is 1.97 bits per heavy atom. The molecule has 2 aliphatic heterocycles. The van der Waals surface area contributed by atoms with Crippen LogP contribution in [0.3, 0.4) is 0 Å². The lowest BCUT2D eigenvalue weighted by Gasteiger charge is -2.31. The third kappa shape index (κ3) is 4.75. The number of aromatic hydroxyl groups is 1. The molecule has 3 fully saturated rings. The molecule has 7 heteroatoms. The monoisotopic (exact) mass is 513 g/mol. The maximum Gasteiger partial charge on any atom is 0.234 e. The number of hydrogen-bond acceptors (Lipinski definition) is 5. The second-order valence-electron chi connectivity index (χ2n) is 10.8. The first-order valence-electron chi connectivity index (χ1n) is 13.2. The highest BCUT2D eigenvalue weighted by molar-refractivity contribution is 6.32. The number of ether oxygens (including phenoxy) is 2. The summed E-state index contributed by atoms with van der Waals surface area (Å²) in [7, 11) is 1.68. The van der Waals surface area contributed by atoms with Gasteiger partial charge in [0.05, 0.1) is 36.2 Å². The number of rotatable bonds is 7. The maximum absolute atomic E-state index is 13.6. The van der Waals surface area contributed by atoms with Gasteiger partial charge in [0.2, 0.25) is 11.8 Å². The molecular weight excluding hydrogens is 478 g/mol. The molecule has 5 rings (SSSR count). The molecule has 4 aliphatic rings. The summed E-state index contributed by atoms with van der Waals surface area (Å²) in [6.07, 6.45) is 9.40. The highest BCUT2D eigenvalue weighted by Crippen LogP contribution is 2.50. The fourth-order valence-corrected chi connectivity index (χ4v) is 7.06. The molecule has 1 saturated carbocycles. The van der Waals surface area contributed by atoms with E-state index in [1.54, 1.807) is 24.1 Å². The molecule has 0 bridgehead atoms. The average Bonchev–Trinajstić information content (AvgIpc) is 3.39. The lowest BCUT2D eigenvalue weighted by atomic mass is 9.69. The van der Waals surface area contributed by atoms with Crippen LogP contribution in [0.15, 0.2) is 34.9 Å². The van der Waals surface area contributed by atoms with Crippen LogP contribution in [0.2, 0.25) is 5.02 Å². The molecule has 2 amide bonds. The molecule has 1 aromatic carbocycles. The van der Waals surface area contributed by atoms with Crippen molar-refractivity contribution in [2.24, 2.45) is 17.8 Å². The van der Waals surface area contributed by atoms with Gasteiger partial charge in [0, 0.05) is 19.1 Å². The molecular formula is C29H36ClNO5. The van der Waals surface area contributed by atoms with Crippen molar-refractivity contribution in [1.82, 2.24) is 4.90 Å². The minimum Gasteiger partial charge on any atom is -0.508 e. The van der Waals surface area contributed by atoms with Gasteiger partial charge in [-0.1, -0.05) is 42.5 Å². The van der Waals surface area contributed by atoms with Crippen molar-refractivity contribution in [3.8, 4) is 5.75 Å². The van der Waals surface area contributed by atoms with Crippen LogP contribution in [0.5, 0.6) is 5.75 Å². The Morgan fingerprint density at radius 3 is 2.69 bits per heavy atom. The van der Waals surface area contributed by atoms with E-state index >= 15 is 0 Å². The lowest BCUT2D eigenvalue weighted by molar-refractivity contribution is -0.143. The van der Waals surface area contributed by atoms with Gasteiger partial charge in [0.25, 0.3) is 0 Å². The summed E-state index contributed by atoms with van der Waals surface area (Å²) in [5, 5.41) is 10.1. The van der Waals surface area contributed by atoms with Crippen molar-refractivity contribution in [3.63, 3.8) is 0 Å². The summed E-state index contributed by atoms with van der Waals surface area (Å²) in [4.78, 5) is 28.8. The number of carbonyl (C=O) groups excluding carboxylic acids is 2. The summed E-state index contributed by atoms with van der Waals surface area (Å²) in [6, 6.07) is 5.05. The quantitative estimate of drug-likeness (QED) is 0.383. The Bertz CT molecular complexity index is 1090. The number of methoxy groups -OCH3 is 1. The van der Waals surface area contributed by atoms with Gasteiger partial charge in [-0.2, -0.15) is 0 Å². The smallest absolute Gasteiger partial charge is 0.234 e. The molecule has 1 N–H and O–H groups in total. The summed E-state index contributed by atoms with van der Waals surface area (Å²) in [5.74, 6) is -0.419. The normalized spacial score (nSPS) is 29.2. The number of phenolic OH excluding ortho intramolecular Hbond substituents is 1. The van der Waals surface area contributed by atoms with Crippen molar-refractivity contribution in [3.05, 3.63) is 45.5 Å². The van der Waals surface area contributed by atoms with Gasteiger partial charge in [-0.15, -0.1) is 0 Å². The first-order valence-corrected chi connectivity index (χ1v) is 13.6. The molecule has 4 atom stereocenters. The van der Waals surface area contributed by atoms with Crippen LogP contribution < -0.4 is 0 Å². The zero-order chi connectivity index (χ0) is 25.4. The van der Waals surface area contributed by atoms with Gasteiger partial charge in [-0.05, 0) is 73.9 Å². The van der Waals surface area contributed by atoms with Crippen LogP contribution in [-0.2, 0) is 19.1 Å². The van der Waals surface area contributed by atoms with Crippen molar-refractivity contribution in [1.29, 1.82) is 0 Å². The highest BCUT2D eigenvalue weighted by Gasteiger charge is 2.58. The SMILES string of the molecule is COCC1=C2[C@@H](CC/C(C)=C/c3ccc(O)cc3Cl)OC[C@@H]2[C@@H]2C(=O)N(C3CCCCC3)C(=O)[C@@H]2C1. The zero-order valence-corrected chi connectivity index (χ0v) is 21.9. The van der Waals surface area contributed by atoms with E-state index in [-0.39, 0.29) is 47.5 Å². The largest absolute Gasteiger partial charge is 0.508 e. The average molecular weight is 514 g/mol. The van der Waals surface area contributed by atoms with Crippen LogP contribution in [-0.4, -0.2) is 54.3 Å². The number of benzene rings is 1. The first-order chi connectivity index (χ1) is 17.4. The number of likely N-dealkylation sites (tertiary alicyclic amines) is 1. The Morgan fingerprint density at radius 1 is 1.19 bits per heavy atom. The van der Waals surface area contributed by atoms with E-state index in [0.717, 1.165) is 55.2 Å². The van der Waals surface area contributed by atoms with Crippen LogP contribution in [0, 0.1) is 17.8 Å². The van der Waals surface area contributed by atoms with Crippen molar-refractivity contribution in [2.75, 3.05) is 20.3 Å². The summed E-state index contributed by atoms with van der Waals surface area (Å²) in [6.45, 7) is 3.02. The number of halogens is 1. The number of nitrogens with zero attached hydrogens (tertiary/aromatic N) is 1. The van der Waals surface area contributed by atoms with E-state index in [1.807, 2.05) is 12.1 Å². The fraction of sp³-hybridized carbons (Fsp3) is 0.586. The molecule has 6 nitrogen and oxygen atoms in total. The number of carbonyl (C=O) groups is 2. The number of fused-ring (bicyclic) bond motifs is 3. The van der Waals surface area contributed by atoms with E-state index < -0.39 is 0 Å². The Balaban J connectivity index is 1.34. The van der Waals surface area contributed by atoms with Crippen molar-refractivity contribution >= 4 is 29.5 Å². The lowest BCUT2D eigenvalue weighted by Crippen LogP contribution is -2.42. The van der Waals surface area contributed by atoms with Crippen molar-refractivity contribution < 1.29 is 24.2 Å². The highest BCUT2D eigenvalue weighted by atomic mass is 35.5. The van der Waals surface area contributed by atoms with Crippen LogP contribution in [0.1, 0.15) is 63.9 Å². The standard InChI is InChI=1S/C29H36ClNO5/c1-17(12-18-9-10-21(32)14-24(18)30)8-11-25-26-19(15-35-2)13-22-27(23(26)16-36-25)29(34)31(28(22)33)20-6-4-3-5-7-20/h9-10,12,14,20,22-23,25,27,32H,3-8,11,13,15-16H2,1-2H3/b17-12+/t22-,23+,25-,27-/m1/s1. The summed E-state index contributed by atoms with van der Waals surface area (Å²) >= 11 is 6.28. The van der Waals surface area contributed by atoms with Gasteiger partial charge in [0.15, 0.2) is 0 Å². The molecule has 0 spiro atoms. The Hall–Kier alpha value is -2.15. The fourth-order valence-electron chi connectivity index (χ4n) is 6.83. The van der Waals surface area contributed by atoms with Crippen LogP contribution >= 0.6 is 11.6 Å². The second kappa shape index (κ2) is 10.7. The molecule has 2 aliphatic carbocycles. The minimum absolute atomic E-state index is 0.0255. The maximum atomic E-state index is 13.6. The number of amides is 2. The van der Waals surface area contributed by atoms with Gasteiger partial charge in [0.1, 0.15) is 5.75 Å². The van der Waals surface area contributed by atoms with E-state index in [9.17, 15) is 14.7 Å². The Labute approximate surface area is 218 Å². The van der Waals surface area contributed by atoms with Crippen LogP contribution in [0.25, 0.3) is 6.08 Å². The third-order valence-corrected chi connectivity index (χ3v) is 8.81. The topological polar surface area (TPSA) is 76.1 Å². The predicted molar refractivity (Wildman–Crippen MR) is 138 cm³/mol. The summed E-state index contributed by atoms with van der Waals surface area (Å²) in [5.41, 5.74) is 4.36. The van der Waals surface area contributed by atoms with Crippen molar-refractivity contribution in [2.45, 2.75) is 70.4 Å². The number of phenols is 1. The van der Waals surface area contributed by atoms with Gasteiger partial charge in [-0.3, -0.25) is 14.5 Å². The number of allylic oxidation sites excluding steroid dienone is 1. The van der Waals surface area contributed by atoms with E-state index in [2.05, 4.69) is 6.92 Å². The van der Waals surface area contributed by atoms with E-state index in [1.165, 1.54) is 12.0 Å². The molecule has 0 radical (unpaired) electrons. The summed E-state index contributed by atoms with van der Waals surface area (Å²) < 4.78 is 11.9. The Kier molecular flexibility index (Phi) is 7.57.